The molecule has 2 heterocycles. The Kier molecular flexibility index (Phi) is 5.40. The number of hydrogen-bond acceptors (Lipinski definition) is 6. The first-order valence-corrected chi connectivity index (χ1v) is 9.38. The van der Waals surface area contributed by atoms with E-state index >= 15 is 0 Å². The van der Waals surface area contributed by atoms with E-state index in [-0.39, 0.29) is 28.9 Å². The number of ether oxygens (including phenoxy) is 1. The number of likely N-dealkylation sites (tertiary alicyclic amines) is 1. The van der Waals surface area contributed by atoms with Crippen molar-refractivity contribution in [2.75, 3.05) is 20.2 Å². The summed E-state index contributed by atoms with van der Waals surface area (Å²) in [6.45, 7) is 1.67. The molecule has 0 radical (unpaired) electrons. The molecule has 0 unspecified atom stereocenters. The highest BCUT2D eigenvalue weighted by molar-refractivity contribution is 5.71. The van der Waals surface area contributed by atoms with Crippen molar-refractivity contribution in [2.45, 2.75) is 12.7 Å². The summed E-state index contributed by atoms with van der Waals surface area (Å²) in [6.07, 6.45) is -4.58. The van der Waals surface area contributed by atoms with Crippen LogP contribution in [0.25, 0.3) is 22.8 Å². The lowest BCUT2D eigenvalue weighted by molar-refractivity contribution is -0.147. The zero-order chi connectivity index (χ0) is 22.2. The molecule has 0 aliphatic carbocycles. The molecule has 1 N–H and O–H groups in total. The van der Waals surface area contributed by atoms with Crippen LogP contribution in [0.15, 0.2) is 47.0 Å². The Morgan fingerprint density at radius 3 is 2.48 bits per heavy atom. The van der Waals surface area contributed by atoms with Gasteiger partial charge in [-0.3, -0.25) is 9.69 Å². The number of carbonyl (C=O) groups is 1. The highest BCUT2D eigenvalue weighted by Gasteiger charge is 2.35. The number of aromatic nitrogens is 2. The Bertz CT molecular complexity index is 1090. The van der Waals surface area contributed by atoms with Crippen LogP contribution in [0.3, 0.4) is 0 Å². The summed E-state index contributed by atoms with van der Waals surface area (Å²) in [5, 5.41) is 12.8. The van der Waals surface area contributed by atoms with Crippen LogP contribution in [0, 0.1) is 5.92 Å². The zero-order valence-electron chi connectivity index (χ0n) is 16.4. The molecule has 10 heteroatoms. The van der Waals surface area contributed by atoms with E-state index in [4.69, 9.17) is 14.4 Å². The second-order valence-corrected chi connectivity index (χ2v) is 7.26. The number of nitrogens with zero attached hydrogens (tertiary/aromatic N) is 3. The number of hydrogen-bond donors (Lipinski definition) is 1. The second-order valence-electron chi connectivity index (χ2n) is 7.26. The quantitative estimate of drug-likeness (QED) is 0.630. The van der Waals surface area contributed by atoms with Gasteiger partial charge in [0.15, 0.2) is 0 Å². The molecule has 4 rings (SSSR count). The Hall–Kier alpha value is -3.40. The minimum Gasteiger partial charge on any atom is -0.496 e. The summed E-state index contributed by atoms with van der Waals surface area (Å²) in [5.41, 5.74) is 0.860. The number of aliphatic carboxylic acids is 1. The molecule has 1 aliphatic rings. The van der Waals surface area contributed by atoms with Crippen LogP contribution >= 0.6 is 0 Å². The van der Waals surface area contributed by atoms with Gasteiger partial charge < -0.3 is 14.4 Å². The van der Waals surface area contributed by atoms with E-state index < -0.39 is 17.7 Å². The number of rotatable bonds is 6. The predicted molar refractivity (Wildman–Crippen MR) is 103 cm³/mol. The molecular formula is C21H18F3N3O4. The van der Waals surface area contributed by atoms with Gasteiger partial charge in [-0.15, -0.1) is 0 Å². The smallest absolute Gasteiger partial charge is 0.419 e. The minimum atomic E-state index is -4.58. The lowest BCUT2D eigenvalue weighted by atomic mass is 9.99. The number of methoxy groups -OCH3 is 1. The van der Waals surface area contributed by atoms with E-state index in [1.165, 1.54) is 19.2 Å². The maximum absolute atomic E-state index is 13.2. The summed E-state index contributed by atoms with van der Waals surface area (Å²) < 4.78 is 49.7. The number of benzene rings is 2. The van der Waals surface area contributed by atoms with Gasteiger partial charge in [0.25, 0.3) is 5.89 Å². The van der Waals surface area contributed by atoms with Crippen LogP contribution < -0.4 is 4.74 Å². The number of carboxylic acid groups (broad SMARTS) is 1. The van der Waals surface area contributed by atoms with Gasteiger partial charge in [-0.2, -0.15) is 18.2 Å². The van der Waals surface area contributed by atoms with Gasteiger partial charge in [-0.25, -0.2) is 0 Å². The van der Waals surface area contributed by atoms with Gasteiger partial charge in [-0.1, -0.05) is 29.4 Å². The molecule has 2 aromatic carbocycles. The van der Waals surface area contributed by atoms with Crippen molar-refractivity contribution in [3.05, 3.63) is 53.6 Å². The van der Waals surface area contributed by atoms with Crippen molar-refractivity contribution in [1.82, 2.24) is 15.0 Å². The first-order chi connectivity index (χ1) is 14.7. The van der Waals surface area contributed by atoms with Gasteiger partial charge in [0.2, 0.25) is 5.82 Å². The van der Waals surface area contributed by atoms with E-state index in [1.54, 1.807) is 12.1 Å². The zero-order valence-corrected chi connectivity index (χ0v) is 16.4. The third-order valence-electron chi connectivity index (χ3n) is 5.10. The molecular weight excluding hydrogens is 415 g/mol. The second kappa shape index (κ2) is 8.03. The van der Waals surface area contributed by atoms with Crippen molar-refractivity contribution in [1.29, 1.82) is 0 Å². The van der Waals surface area contributed by atoms with Gasteiger partial charge in [0.05, 0.1) is 18.6 Å². The minimum absolute atomic E-state index is 0.0347. The Morgan fingerprint density at radius 1 is 1.19 bits per heavy atom. The number of carboxylic acids is 1. The maximum atomic E-state index is 13.2. The Balaban J connectivity index is 1.48. The van der Waals surface area contributed by atoms with Crippen LogP contribution in [-0.4, -0.2) is 46.3 Å². The van der Waals surface area contributed by atoms with Gasteiger partial charge in [-0.05, 0) is 23.8 Å². The summed E-state index contributed by atoms with van der Waals surface area (Å²) in [4.78, 5) is 17.1. The molecule has 7 nitrogen and oxygen atoms in total. The van der Waals surface area contributed by atoms with Crippen LogP contribution in [-0.2, 0) is 17.5 Å². The molecule has 1 saturated heterocycles. The summed E-state index contributed by atoms with van der Waals surface area (Å²) >= 11 is 0. The van der Waals surface area contributed by atoms with Gasteiger partial charge in [0, 0.05) is 30.8 Å². The van der Waals surface area contributed by atoms with Crippen LogP contribution in [0.4, 0.5) is 13.2 Å². The lowest BCUT2D eigenvalue weighted by Crippen LogP contribution is -2.49. The van der Waals surface area contributed by atoms with Crippen molar-refractivity contribution in [2.24, 2.45) is 5.92 Å². The van der Waals surface area contributed by atoms with Crippen LogP contribution in [0.5, 0.6) is 5.75 Å². The molecule has 1 aromatic heterocycles. The van der Waals surface area contributed by atoms with Crippen LogP contribution in [0.1, 0.15) is 11.1 Å². The standard InChI is InChI=1S/C21H18F3N3O4/c1-30-17-7-6-14(8-16(17)21(22,23)24)19-25-18(26-31-19)13-4-2-12(3-5-13)9-27-10-15(11-27)20(28)29/h2-8,15H,9-11H2,1H3,(H,28,29). The highest BCUT2D eigenvalue weighted by atomic mass is 19.4. The lowest BCUT2D eigenvalue weighted by Gasteiger charge is -2.36. The fourth-order valence-electron chi connectivity index (χ4n) is 3.39. The van der Waals surface area contributed by atoms with Crippen LogP contribution in [0.2, 0.25) is 0 Å². The SMILES string of the molecule is COc1ccc(-c2nc(-c3ccc(CN4CC(C(=O)O)C4)cc3)no2)cc1C(F)(F)F. The topological polar surface area (TPSA) is 88.7 Å². The van der Waals surface area contributed by atoms with Gasteiger partial charge in [0.1, 0.15) is 5.75 Å². The summed E-state index contributed by atoms with van der Waals surface area (Å²) in [6, 6.07) is 10.9. The highest BCUT2D eigenvalue weighted by Crippen LogP contribution is 2.38. The molecule has 1 aliphatic heterocycles. The fraction of sp³-hybridized carbons (Fsp3) is 0.286. The molecule has 31 heavy (non-hydrogen) atoms. The fourth-order valence-corrected chi connectivity index (χ4v) is 3.39. The average molecular weight is 433 g/mol. The Morgan fingerprint density at radius 2 is 1.87 bits per heavy atom. The maximum Gasteiger partial charge on any atom is 0.419 e. The van der Waals surface area contributed by atoms with Crippen molar-refractivity contribution < 1.29 is 32.3 Å². The third-order valence-corrected chi connectivity index (χ3v) is 5.10. The molecule has 162 valence electrons. The monoisotopic (exact) mass is 433 g/mol. The normalized spacial score (nSPS) is 15.0. The average Bonchev–Trinajstić information content (AvgIpc) is 3.19. The summed E-state index contributed by atoms with van der Waals surface area (Å²) in [5.74, 6) is -1.16. The number of alkyl halides is 3. The molecule has 0 atom stereocenters. The van der Waals surface area contributed by atoms with E-state index in [2.05, 4.69) is 10.1 Å². The largest absolute Gasteiger partial charge is 0.496 e. The molecule has 3 aromatic rings. The van der Waals surface area contributed by atoms with Crippen molar-refractivity contribution >= 4 is 5.97 Å². The molecule has 0 bridgehead atoms. The Labute approximate surface area is 175 Å². The molecule has 1 fully saturated rings. The number of halogens is 3. The van der Waals surface area contributed by atoms with E-state index in [9.17, 15) is 18.0 Å². The molecule has 0 saturated carbocycles. The third kappa shape index (κ3) is 4.38. The first-order valence-electron chi connectivity index (χ1n) is 9.38. The van der Waals surface area contributed by atoms with E-state index in [1.807, 2.05) is 17.0 Å². The predicted octanol–water partition coefficient (Wildman–Crippen LogP) is 3.95. The van der Waals surface area contributed by atoms with Crippen molar-refractivity contribution in [3.63, 3.8) is 0 Å². The van der Waals surface area contributed by atoms with E-state index in [0.717, 1.165) is 11.6 Å². The van der Waals surface area contributed by atoms with E-state index in [0.29, 0.717) is 25.2 Å². The molecule has 0 amide bonds. The summed E-state index contributed by atoms with van der Waals surface area (Å²) in [7, 11) is 1.17. The first kappa shape index (κ1) is 20.9. The van der Waals surface area contributed by atoms with Crippen molar-refractivity contribution in [3.8, 4) is 28.6 Å². The molecule has 0 spiro atoms. The van der Waals surface area contributed by atoms with Gasteiger partial charge >= 0.3 is 12.1 Å².